The first kappa shape index (κ1) is 22.5. The molecule has 2 aliphatic carbocycles. The van der Waals surface area contributed by atoms with E-state index in [1.165, 1.54) is 25.3 Å². The molecule has 8 nitrogen and oxygen atoms in total. The van der Waals surface area contributed by atoms with E-state index in [-0.39, 0.29) is 23.3 Å². The van der Waals surface area contributed by atoms with Crippen LogP contribution in [0.5, 0.6) is 0 Å². The minimum Gasteiger partial charge on any atom is -0.444 e. The first-order valence-electron chi connectivity index (χ1n) is 11.8. The third kappa shape index (κ3) is 5.10. The minimum atomic E-state index is -2.80. The number of hydrogen-bond donors (Lipinski definition) is 2. The molecule has 0 spiro atoms. The Balaban J connectivity index is 1.29. The molecule has 3 aromatic rings. The van der Waals surface area contributed by atoms with Gasteiger partial charge < -0.3 is 15.1 Å². The van der Waals surface area contributed by atoms with Crippen molar-refractivity contribution in [3.8, 4) is 11.5 Å². The van der Waals surface area contributed by atoms with Gasteiger partial charge in [0.05, 0.1) is 11.7 Å². The second-order valence-corrected chi connectivity index (χ2v) is 9.37. The van der Waals surface area contributed by atoms with Crippen molar-refractivity contribution in [1.29, 1.82) is 0 Å². The van der Waals surface area contributed by atoms with Crippen molar-refractivity contribution >= 4 is 17.4 Å². The molecule has 0 atom stereocenters. The highest BCUT2D eigenvalue weighted by Crippen LogP contribution is 2.34. The molecule has 180 valence electrons. The van der Waals surface area contributed by atoms with Crippen LogP contribution in [0.2, 0.25) is 0 Å². The Labute approximate surface area is 196 Å². The summed E-state index contributed by atoms with van der Waals surface area (Å²) in [5.41, 5.74) is 0.230. The van der Waals surface area contributed by atoms with E-state index < -0.39 is 18.0 Å². The summed E-state index contributed by atoms with van der Waals surface area (Å²) >= 11 is 0. The average molecular weight is 471 g/mol. The number of hydrogen-bond acceptors (Lipinski definition) is 6. The molecule has 3 aromatic heterocycles. The number of carbonyl (C=O) groups excluding carboxylic acids is 1. The van der Waals surface area contributed by atoms with Crippen LogP contribution in [0.25, 0.3) is 11.5 Å². The Kier molecular flexibility index (Phi) is 6.30. The number of nitrogens with one attached hydrogen (secondary N) is 2. The van der Waals surface area contributed by atoms with Gasteiger partial charge in [0.15, 0.2) is 11.4 Å². The Bertz CT molecular complexity index is 1150. The average Bonchev–Trinajstić information content (AvgIpc) is 3.35. The van der Waals surface area contributed by atoms with Gasteiger partial charge in [-0.2, -0.15) is 5.10 Å². The molecule has 2 aliphatic rings. The van der Waals surface area contributed by atoms with Gasteiger partial charge in [-0.05, 0) is 62.5 Å². The zero-order chi connectivity index (χ0) is 23.7. The van der Waals surface area contributed by atoms with Gasteiger partial charge in [-0.25, -0.2) is 18.7 Å². The van der Waals surface area contributed by atoms with E-state index in [2.05, 4.69) is 32.6 Å². The molecule has 3 heterocycles. The summed E-state index contributed by atoms with van der Waals surface area (Å²) in [5, 5.41) is 9.93. The molecule has 2 N–H and O–H groups in total. The molecular weight excluding hydrogens is 442 g/mol. The lowest BCUT2D eigenvalue weighted by Gasteiger charge is -2.26. The van der Waals surface area contributed by atoms with Crippen molar-refractivity contribution in [3.05, 3.63) is 42.2 Å². The predicted molar refractivity (Wildman–Crippen MR) is 123 cm³/mol. The Morgan fingerprint density at radius 1 is 1.24 bits per heavy atom. The second kappa shape index (κ2) is 9.52. The molecule has 0 aliphatic heterocycles. The number of alkyl halides is 2. The van der Waals surface area contributed by atoms with Crippen LogP contribution in [0.4, 0.5) is 20.3 Å². The van der Waals surface area contributed by atoms with Crippen molar-refractivity contribution in [2.75, 3.05) is 17.2 Å². The molecule has 0 aromatic carbocycles. The fraction of sp³-hybridized carbons (Fsp3) is 0.500. The molecule has 1 amide bonds. The maximum absolute atomic E-state index is 13.6. The zero-order valence-corrected chi connectivity index (χ0v) is 19.0. The van der Waals surface area contributed by atoms with Crippen LogP contribution in [0.3, 0.4) is 0 Å². The van der Waals surface area contributed by atoms with Crippen LogP contribution in [-0.2, 0) is 0 Å². The highest BCUT2D eigenvalue weighted by Gasteiger charge is 2.26. The van der Waals surface area contributed by atoms with Crippen molar-refractivity contribution in [2.24, 2.45) is 11.8 Å². The Hall–Kier alpha value is -3.30. The van der Waals surface area contributed by atoms with Crippen LogP contribution in [0.1, 0.15) is 74.1 Å². The minimum absolute atomic E-state index is 0.00115. The van der Waals surface area contributed by atoms with Crippen molar-refractivity contribution in [2.45, 2.75) is 57.9 Å². The van der Waals surface area contributed by atoms with Crippen molar-refractivity contribution in [1.82, 2.24) is 19.7 Å². The summed E-state index contributed by atoms with van der Waals surface area (Å²) in [7, 11) is 0. The number of halogens is 2. The number of anilines is 2. The van der Waals surface area contributed by atoms with E-state index in [9.17, 15) is 13.6 Å². The molecule has 34 heavy (non-hydrogen) atoms. The lowest BCUT2D eigenvalue weighted by atomic mass is 9.87. The standard InChI is InChI=1S/C24H28F2N6O2/c1-14-2-6-17(7-3-14)32-12-18(21(31-32)22(25)26)29-23(33)19-13-34-24(30-19)16-8-9-27-20(10-16)28-11-15-4-5-15/h8-10,12-15,17,22H,2-7,11H2,1H3,(H,27,28)(H,29,33)/t14-,17+. The quantitative estimate of drug-likeness (QED) is 0.439. The van der Waals surface area contributed by atoms with Gasteiger partial charge in [-0.15, -0.1) is 0 Å². The van der Waals surface area contributed by atoms with Crippen LogP contribution in [0.15, 0.2) is 35.2 Å². The molecule has 0 bridgehead atoms. The first-order chi connectivity index (χ1) is 16.5. The van der Waals surface area contributed by atoms with E-state index in [4.69, 9.17) is 4.42 Å². The van der Waals surface area contributed by atoms with E-state index in [1.807, 2.05) is 0 Å². The first-order valence-corrected chi connectivity index (χ1v) is 11.8. The molecule has 5 rings (SSSR count). The van der Waals surface area contributed by atoms with Crippen molar-refractivity contribution in [3.63, 3.8) is 0 Å². The lowest BCUT2D eigenvalue weighted by Crippen LogP contribution is -2.17. The Morgan fingerprint density at radius 3 is 2.76 bits per heavy atom. The number of oxazole rings is 1. The summed E-state index contributed by atoms with van der Waals surface area (Å²) in [5.74, 6) is 1.66. The van der Waals surface area contributed by atoms with E-state index in [0.717, 1.165) is 32.2 Å². The smallest absolute Gasteiger partial charge is 0.284 e. The fourth-order valence-electron chi connectivity index (χ4n) is 4.29. The van der Waals surface area contributed by atoms with Gasteiger partial charge in [0.2, 0.25) is 5.89 Å². The summed E-state index contributed by atoms with van der Waals surface area (Å²) in [4.78, 5) is 21.3. The van der Waals surface area contributed by atoms with E-state index in [1.54, 1.807) is 23.0 Å². The largest absolute Gasteiger partial charge is 0.444 e. The van der Waals surface area contributed by atoms with Gasteiger partial charge in [-0.1, -0.05) is 6.92 Å². The number of rotatable bonds is 8. The topological polar surface area (TPSA) is 97.9 Å². The maximum Gasteiger partial charge on any atom is 0.284 e. The van der Waals surface area contributed by atoms with Crippen molar-refractivity contribution < 1.29 is 18.0 Å². The van der Waals surface area contributed by atoms with E-state index >= 15 is 0 Å². The van der Waals surface area contributed by atoms with Crippen LogP contribution < -0.4 is 10.6 Å². The highest BCUT2D eigenvalue weighted by molar-refractivity contribution is 6.03. The van der Waals surface area contributed by atoms with Crippen LogP contribution in [-0.4, -0.2) is 32.2 Å². The van der Waals surface area contributed by atoms with Crippen LogP contribution in [0, 0.1) is 11.8 Å². The normalized spacial score (nSPS) is 20.5. The molecule has 0 saturated heterocycles. The third-order valence-corrected chi connectivity index (χ3v) is 6.59. The molecule has 10 heteroatoms. The molecule has 2 fully saturated rings. The number of aromatic nitrogens is 4. The molecular formula is C24H28F2N6O2. The highest BCUT2D eigenvalue weighted by atomic mass is 19.3. The summed E-state index contributed by atoms with van der Waals surface area (Å²) in [6, 6.07) is 3.60. The van der Waals surface area contributed by atoms with Gasteiger partial charge in [0.1, 0.15) is 12.1 Å². The monoisotopic (exact) mass is 470 g/mol. The SMILES string of the molecule is C[C@H]1CC[C@@H](n2cc(NC(=O)c3coc(-c4ccnc(NCC5CC5)c4)n3)c(C(F)F)n2)CC1. The lowest BCUT2D eigenvalue weighted by molar-refractivity contribution is 0.102. The number of pyridine rings is 1. The summed E-state index contributed by atoms with van der Waals surface area (Å²) < 4.78 is 34.3. The second-order valence-electron chi connectivity index (χ2n) is 9.37. The summed E-state index contributed by atoms with van der Waals surface area (Å²) in [6.45, 7) is 3.06. The zero-order valence-electron chi connectivity index (χ0n) is 19.0. The molecule has 0 unspecified atom stereocenters. The number of carbonyl (C=O) groups is 1. The Morgan fingerprint density at radius 2 is 2.03 bits per heavy atom. The van der Waals surface area contributed by atoms with Crippen LogP contribution >= 0.6 is 0 Å². The van der Waals surface area contributed by atoms with Gasteiger partial charge in [-0.3, -0.25) is 9.48 Å². The molecule has 0 radical (unpaired) electrons. The van der Waals surface area contributed by atoms with E-state index in [0.29, 0.717) is 23.2 Å². The summed E-state index contributed by atoms with van der Waals surface area (Å²) in [6.07, 6.45) is 7.86. The number of amides is 1. The maximum atomic E-state index is 13.6. The molecule has 2 saturated carbocycles. The fourth-order valence-corrected chi connectivity index (χ4v) is 4.29. The van der Waals surface area contributed by atoms with Gasteiger partial charge in [0, 0.05) is 24.5 Å². The van der Waals surface area contributed by atoms with Gasteiger partial charge >= 0.3 is 0 Å². The number of nitrogens with zero attached hydrogens (tertiary/aromatic N) is 4. The van der Waals surface area contributed by atoms with Gasteiger partial charge in [0.25, 0.3) is 12.3 Å². The third-order valence-electron chi connectivity index (χ3n) is 6.59. The predicted octanol–water partition coefficient (Wildman–Crippen LogP) is 5.70.